The van der Waals surface area contributed by atoms with Crippen LogP contribution in [0.25, 0.3) is 0 Å². The molecule has 0 aromatic heterocycles. The molecule has 1 atom stereocenters. The van der Waals surface area contributed by atoms with E-state index in [9.17, 15) is 9.59 Å². The molecule has 0 spiro atoms. The van der Waals surface area contributed by atoms with Crippen LogP contribution in [0.4, 0.5) is 11.4 Å². The van der Waals surface area contributed by atoms with Crippen molar-refractivity contribution in [1.29, 1.82) is 0 Å². The first kappa shape index (κ1) is 22.1. The molecule has 3 rings (SSSR count). The lowest BCUT2D eigenvalue weighted by Gasteiger charge is -2.17. The van der Waals surface area contributed by atoms with Gasteiger partial charge < -0.3 is 25.4 Å². The quantitative estimate of drug-likeness (QED) is 0.626. The lowest BCUT2D eigenvalue weighted by molar-refractivity contribution is -0.128. The summed E-state index contributed by atoms with van der Waals surface area (Å²) < 4.78 is 10.6. The van der Waals surface area contributed by atoms with E-state index in [2.05, 4.69) is 5.32 Å². The smallest absolute Gasteiger partial charge is 0.229 e. The van der Waals surface area contributed by atoms with Crippen molar-refractivity contribution >= 4 is 46.4 Å². The number of anilines is 2. The zero-order valence-corrected chi connectivity index (χ0v) is 18.2. The molecular weight excluding hydrogens is 429 g/mol. The van der Waals surface area contributed by atoms with Gasteiger partial charge in [-0.05, 0) is 36.2 Å². The van der Waals surface area contributed by atoms with E-state index in [0.29, 0.717) is 36.7 Å². The fourth-order valence-corrected chi connectivity index (χ4v) is 3.85. The van der Waals surface area contributed by atoms with E-state index in [0.717, 1.165) is 5.56 Å². The zero-order chi connectivity index (χ0) is 21.8. The SMILES string of the molecule is COc1ccc(CCN2CC(C(=O)Nc3cc(Cl)c(N)c(Cl)c3)CC2=O)cc1OC. The van der Waals surface area contributed by atoms with E-state index in [1.54, 1.807) is 19.1 Å². The third-order valence-corrected chi connectivity index (χ3v) is 5.68. The van der Waals surface area contributed by atoms with Gasteiger partial charge in [-0.25, -0.2) is 0 Å². The number of nitrogens with zero attached hydrogens (tertiary/aromatic N) is 1. The molecule has 0 bridgehead atoms. The van der Waals surface area contributed by atoms with Crippen LogP contribution in [0.2, 0.25) is 10.0 Å². The lowest BCUT2D eigenvalue weighted by Crippen LogP contribution is -2.30. The van der Waals surface area contributed by atoms with Gasteiger partial charge in [0.1, 0.15) is 0 Å². The number of likely N-dealkylation sites (tertiary alicyclic amines) is 1. The van der Waals surface area contributed by atoms with Gasteiger partial charge in [0, 0.05) is 25.2 Å². The molecular formula is C21H23Cl2N3O4. The van der Waals surface area contributed by atoms with E-state index in [1.165, 1.54) is 12.1 Å². The average Bonchev–Trinajstić information content (AvgIpc) is 3.10. The van der Waals surface area contributed by atoms with Crippen LogP contribution in [-0.4, -0.2) is 44.0 Å². The number of halogens is 2. The second-order valence-corrected chi connectivity index (χ2v) is 7.84. The number of ether oxygens (including phenoxy) is 2. The first-order valence-corrected chi connectivity index (χ1v) is 10.1. The Hall–Kier alpha value is -2.64. The fourth-order valence-electron chi connectivity index (χ4n) is 3.36. The maximum Gasteiger partial charge on any atom is 0.229 e. The van der Waals surface area contributed by atoms with E-state index in [4.69, 9.17) is 38.4 Å². The van der Waals surface area contributed by atoms with Gasteiger partial charge in [-0.3, -0.25) is 9.59 Å². The monoisotopic (exact) mass is 451 g/mol. The fraction of sp³-hybridized carbons (Fsp3) is 0.333. The molecule has 0 saturated carbocycles. The van der Waals surface area contributed by atoms with Crippen molar-refractivity contribution < 1.29 is 19.1 Å². The molecule has 3 N–H and O–H groups in total. The van der Waals surface area contributed by atoms with E-state index >= 15 is 0 Å². The minimum Gasteiger partial charge on any atom is -0.493 e. The Labute approximate surface area is 185 Å². The normalized spacial score (nSPS) is 15.9. The molecule has 1 unspecified atom stereocenters. The van der Waals surface area contributed by atoms with Gasteiger partial charge in [-0.1, -0.05) is 29.3 Å². The van der Waals surface area contributed by atoms with Crippen LogP contribution in [0.5, 0.6) is 11.5 Å². The standard InChI is InChI=1S/C21H23Cl2N3O4/c1-29-17-4-3-12(7-18(17)30-2)5-6-26-11-13(8-19(26)27)21(28)25-14-9-15(22)20(24)16(23)10-14/h3-4,7,9-10,13H,5-6,8,11,24H2,1-2H3,(H,25,28). The molecule has 1 aliphatic rings. The molecule has 0 radical (unpaired) electrons. The van der Waals surface area contributed by atoms with Crippen LogP contribution in [0.15, 0.2) is 30.3 Å². The van der Waals surface area contributed by atoms with Crippen molar-refractivity contribution in [3.8, 4) is 11.5 Å². The summed E-state index contributed by atoms with van der Waals surface area (Å²) in [5.74, 6) is 0.537. The maximum atomic E-state index is 12.6. The highest BCUT2D eigenvalue weighted by Gasteiger charge is 2.34. The number of carbonyl (C=O) groups excluding carboxylic acids is 2. The number of nitrogens with one attached hydrogen (secondary N) is 1. The number of benzene rings is 2. The summed E-state index contributed by atoms with van der Waals surface area (Å²) in [6.45, 7) is 0.867. The van der Waals surface area contributed by atoms with E-state index in [1.807, 2.05) is 18.2 Å². The highest BCUT2D eigenvalue weighted by Crippen LogP contribution is 2.32. The summed E-state index contributed by atoms with van der Waals surface area (Å²) in [4.78, 5) is 26.7. The Morgan fingerprint density at radius 2 is 1.83 bits per heavy atom. The number of nitrogen functional groups attached to an aromatic ring is 1. The molecule has 9 heteroatoms. The largest absolute Gasteiger partial charge is 0.493 e. The number of nitrogens with two attached hydrogens (primary N) is 1. The van der Waals surface area contributed by atoms with Crippen molar-refractivity contribution in [2.75, 3.05) is 38.4 Å². The first-order chi connectivity index (χ1) is 14.3. The topological polar surface area (TPSA) is 93.9 Å². The molecule has 2 amide bonds. The summed E-state index contributed by atoms with van der Waals surface area (Å²) in [6, 6.07) is 8.72. The highest BCUT2D eigenvalue weighted by molar-refractivity contribution is 6.39. The van der Waals surface area contributed by atoms with Crippen LogP contribution in [0.1, 0.15) is 12.0 Å². The van der Waals surface area contributed by atoms with Crippen molar-refractivity contribution in [2.24, 2.45) is 5.92 Å². The van der Waals surface area contributed by atoms with Crippen molar-refractivity contribution in [1.82, 2.24) is 4.90 Å². The first-order valence-electron chi connectivity index (χ1n) is 9.36. The zero-order valence-electron chi connectivity index (χ0n) is 16.7. The van der Waals surface area contributed by atoms with Crippen LogP contribution < -0.4 is 20.5 Å². The third kappa shape index (κ3) is 4.91. The Balaban J connectivity index is 1.59. The van der Waals surface area contributed by atoms with Crippen molar-refractivity contribution in [3.63, 3.8) is 0 Å². The van der Waals surface area contributed by atoms with E-state index in [-0.39, 0.29) is 34.0 Å². The summed E-state index contributed by atoms with van der Waals surface area (Å²) in [5.41, 5.74) is 7.43. The van der Waals surface area contributed by atoms with Gasteiger partial charge in [0.2, 0.25) is 11.8 Å². The lowest BCUT2D eigenvalue weighted by atomic mass is 10.1. The minimum absolute atomic E-state index is 0.0519. The Bertz CT molecular complexity index is 944. The van der Waals surface area contributed by atoms with Crippen molar-refractivity contribution in [3.05, 3.63) is 45.9 Å². The van der Waals surface area contributed by atoms with Gasteiger partial charge in [-0.2, -0.15) is 0 Å². The van der Waals surface area contributed by atoms with E-state index < -0.39 is 5.92 Å². The molecule has 1 saturated heterocycles. The Morgan fingerprint density at radius 1 is 1.17 bits per heavy atom. The van der Waals surface area contributed by atoms with Gasteiger partial charge in [0.25, 0.3) is 0 Å². The van der Waals surface area contributed by atoms with Crippen LogP contribution in [0, 0.1) is 5.92 Å². The third-order valence-electron chi connectivity index (χ3n) is 5.05. The van der Waals surface area contributed by atoms with Crippen LogP contribution >= 0.6 is 23.2 Å². The van der Waals surface area contributed by atoms with Gasteiger partial charge >= 0.3 is 0 Å². The molecule has 1 aliphatic heterocycles. The molecule has 30 heavy (non-hydrogen) atoms. The molecule has 2 aromatic rings. The average molecular weight is 452 g/mol. The number of hydrogen-bond donors (Lipinski definition) is 2. The Morgan fingerprint density at radius 3 is 2.47 bits per heavy atom. The summed E-state index contributed by atoms with van der Waals surface area (Å²) in [6.07, 6.45) is 0.803. The van der Waals surface area contributed by atoms with Crippen LogP contribution in [-0.2, 0) is 16.0 Å². The number of methoxy groups -OCH3 is 2. The predicted molar refractivity (Wildman–Crippen MR) is 117 cm³/mol. The predicted octanol–water partition coefficient (Wildman–Crippen LogP) is 3.62. The number of carbonyl (C=O) groups is 2. The highest BCUT2D eigenvalue weighted by atomic mass is 35.5. The molecule has 0 aliphatic carbocycles. The Kier molecular flexibility index (Phi) is 6.95. The number of amides is 2. The van der Waals surface area contributed by atoms with Gasteiger partial charge in [0.05, 0.1) is 35.9 Å². The summed E-state index contributed by atoms with van der Waals surface area (Å²) in [7, 11) is 3.16. The maximum absolute atomic E-state index is 12.6. The second-order valence-electron chi connectivity index (χ2n) is 7.02. The molecule has 2 aromatic carbocycles. The van der Waals surface area contributed by atoms with Crippen LogP contribution in [0.3, 0.4) is 0 Å². The van der Waals surface area contributed by atoms with Gasteiger partial charge in [0.15, 0.2) is 11.5 Å². The van der Waals surface area contributed by atoms with Crippen molar-refractivity contribution in [2.45, 2.75) is 12.8 Å². The number of hydrogen-bond acceptors (Lipinski definition) is 5. The summed E-state index contributed by atoms with van der Waals surface area (Å²) in [5, 5.41) is 3.28. The second kappa shape index (κ2) is 9.45. The van der Waals surface area contributed by atoms with Gasteiger partial charge in [-0.15, -0.1) is 0 Å². The summed E-state index contributed by atoms with van der Waals surface area (Å²) >= 11 is 12.0. The molecule has 160 valence electrons. The minimum atomic E-state index is -0.446. The molecule has 1 fully saturated rings. The number of rotatable bonds is 7. The molecule has 7 nitrogen and oxygen atoms in total. The molecule has 1 heterocycles.